The van der Waals surface area contributed by atoms with E-state index in [4.69, 9.17) is 10.5 Å². The molecule has 2 amide bonds. The molecule has 7 heteroatoms. The van der Waals surface area contributed by atoms with Crippen molar-refractivity contribution in [3.05, 3.63) is 0 Å². The third-order valence-electron chi connectivity index (χ3n) is 4.78. The summed E-state index contributed by atoms with van der Waals surface area (Å²) in [6.45, 7) is 6.99. The molecule has 0 bridgehead atoms. The van der Waals surface area contributed by atoms with Gasteiger partial charge in [-0.1, -0.05) is 13.8 Å². The van der Waals surface area contributed by atoms with Gasteiger partial charge in [-0.2, -0.15) is 0 Å². The lowest BCUT2D eigenvalue weighted by Gasteiger charge is -2.33. The topological polar surface area (TPSA) is 84.7 Å². The van der Waals surface area contributed by atoms with E-state index in [0.717, 1.165) is 45.6 Å². The maximum atomic E-state index is 12.2. The van der Waals surface area contributed by atoms with Crippen molar-refractivity contribution < 1.29 is 14.3 Å². The van der Waals surface area contributed by atoms with Crippen LogP contribution in [0.4, 0.5) is 0 Å². The predicted octanol–water partition coefficient (Wildman–Crippen LogP) is 0.537. The Kier molecular flexibility index (Phi) is 7.09. The Morgan fingerprint density at radius 1 is 1.27 bits per heavy atom. The van der Waals surface area contributed by atoms with Gasteiger partial charge in [0.25, 0.3) is 0 Å². The Morgan fingerprint density at radius 3 is 2.50 bits per heavy atom. The van der Waals surface area contributed by atoms with Crippen LogP contribution in [0.25, 0.3) is 0 Å². The summed E-state index contributed by atoms with van der Waals surface area (Å²) in [5.74, 6) is -0.196. The first-order valence-electron chi connectivity index (χ1n) is 7.82. The highest BCUT2D eigenvalue weighted by Crippen LogP contribution is 2.39. The molecule has 0 aromatic carbocycles. The van der Waals surface area contributed by atoms with Crippen LogP contribution in [0.3, 0.4) is 0 Å². The van der Waals surface area contributed by atoms with Crippen molar-refractivity contribution in [2.75, 3.05) is 32.8 Å². The first kappa shape index (κ1) is 19.2. The summed E-state index contributed by atoms with van der Waals surface area (Å²) < 4.78 is 5.41. The molecule has 2 saturated heterocycles. The van der Waals surface area contributed by atoms with Crippen LogP contribution >= 0.6 is 12.4 Å². The minimum atomic E-state index is -0.557. The molecule has 2 rings (SSSR count). The number of carbonyl (C=O) groups is 2. The Morgan fingerprint density at radius 2 is 1.91 bits per heavy atom. The fourth-order valence-corrected chi connectivity index (χ4v) is 3.06. The zero-order valence-electron chi connectivity index (χ0n) is 13.5. The standard InChI is InChI=1S/C15H27N3O3.ClH/c1-11(2)13(16)14(20)17-9-12(19)18-6-3-15(10-18)4-7-21-8-5-15;/h11,13H,3-10,16H2,1-2H3,(H,17,20);1H/t13-;/m0./s1. The third kappa shape index (κ3) is 4.57. The van der Waals surface area contributed by atoms with E-state index in [0.29, 0.717) is 0 Å². The molecule has 0 aromatic heterocycles. The van der Waals surface area contributed by atoms with Gasteiger partial charge < -0.3 is 20.7 Å². The van der Waals surface area contributed by atoms with Crippen LogP contribution in [-0.2, 0) is 14.3 Å². The van der Waals surface area contributed by atoms with Gasteiger partial charge in [-0.05, 0) is 30.6 Å². The van der Waals surface area contributed by atoms with E-state index in [-0.39, 0.29) is 42.1 Å². The molecular formula is C15H28ClN3O3. The highest BCUT2D eigenvalue weighted by Gasteiger charge is 2.40. The van der Waals surface area contributed by atoms with E-state index in [2.05, 4.69) is 5.32 Å². The summed E-state index contributed by atoms with van der Waals surface area (Å²) in [5, 5.41) is 2.65. The van der Waals surface area contributed by atoms with Crippen LogP contribution in [0.15, 0.2) is 0 Å². The van der Waals surface area contributed by atoms with Gasteiger partial charge in [0.1, 0.15) is 0 Å². The van der Waals surface area contributed by atoms with E-state index >= 15 is 0 Å². The minimum Gasteiger partial charge on any atom is -0.381 e. The molecule has 3 N–H and O–H groups in total. The molecule has 2 aliphatic heterocycles. The molecule has 22 heavy (non-hydrogen) atoms. The first-order chi connectivity index (χ1) is 9.93. The number of rotatable bonds is 4. The van der Waals surface area contributed by atoms with E-state index in [1.165, 1.54) is 0 Å². The molecule has 0 radical (unpaired) electrons. The van der Waals surface area contributed by atoms with Crippen molar-refractivity contribution in [3.8, 4) is 0 Å². The molecule has 128 valence electrons. The lowest BCUT2D eigenvalue weighted by molar-refractivity contribution is -0.133. The molecule has 0 saturated carbocycles. The SMILES string of the molecule is CC(C)[C@H](N)C(=O)NCC(=O)N1CCC2(CCOCC2)C1.Cl. The molecule has 2 aliphatic rings. The van der Waals surface area contributed by atoms with E-state index < -0.39 is 6.04 Å². The van der Waals surface area contributed by atoms with Gasteiger partial charge in [-0.25, -0.2) is 0 Å². The van der Waals surface area contributed by atoms with Crippen LogP contribution in [0.1, 0.15) is 33.1 Å². The Hall–Kier alpha value is -0.850. The first-order valence-corrected chi connectivity index (χ1v) is 7.82. The van der Waals surface area contributed by atoms with Crippen molar-refractivity contribution >= 4 is 24.2 Å². The van der Waals surface area contributed by atoms with E-state index in [1.54, 1.807) is 0 Å². The lowest BCUT2D eigenvalue weighted by atomic mass is 9.80. The van der Waals surface area contributed by atoms with Gasteiger partial charge in [-0.15, -0.1) is 12.4 Å². The highest BCUT2D eigenvalue weighted by molar-refractivity contribution is 5.87. The van der Waals surface area contributed by atoms with Gasteiger partial charge in [0.05, 0.1) is 12.6 Å². The molecule has 0 unspecified atom stereocenters. The normalized spacial score (nSPS) is 21.5. The maximum absolute atomic E-state index is 12.2. The largest absolute Gasteiger partial charge is 0.381 e. The molecule has 0 aromatic rings. The van der Waals surface area contributed by atoms with Gasteiger partial charge in [-0.3, -0.25) is 9.59 Å². The van der Waals surface area contributed by atoms with Gasteiger partial charge in [0.15, 0.2) is 0 Å². The number of nitrogens with one attached hydrogen (secondary N) is 1. The van der Waals surface area contributed by atoms with Crippen molar-refractivity contribution in [2.45, 2.75) is 39.2 Å². The zero-order chi connectivity index (χ0) is 15.5. The fraction of sp³-hybridized carbons (Fsp3) is 0.867. The monoisotopic (exact) mass is 333 g/mol. The quantitative estimate of drug-likeness (QED) is 0.786. The zero-order valence-corrected chi connectivity index (χ0v) is 14.3. The fourth-order valence-electron chi connectivity index (χ4n) is 3.06. The lowest BCUT2D eigenvalue weighted by Crippen LogP contribution is -2.48. The molecule has 1 spiro atoms. The number of ether oxygens (including phenoxy) is 1. The van der Waals surface area contributed by atoms with Crippen LogP contribution in [0.2, 0.25) is 0 Å². The number of hydrogen-bond donors (Lipinski definition) is 2. The second-order valence-corrected chi connectivity index (χ2v) is 6.67. The maximum Gasteiger partial charge on any atom is 0.241 e. The Labute approximate surface area is 138 Å². The predicted molar refractivity (Wildman–Crippen MR) is 86.8 cm³/mol. The number of carbonyl (C=O) groups excluding carboxylic acids is 2. The van der Waals surface area contributed by atoms with Crippen molar-refractivity contribution in [3.63, 3.8) is 0 Å². The van der Waals surface area contributed by atoms with Crippen LogP contribution in [-0.4, -0.2) is 55.6 Å². The Balaban J connectivity index is 0.00000242. The van der Waals surface area contributed by atoms with Gasteiger partial charge >= 0.3 is 0 Å². The molecule has 2 fully saturated rings. The smallest absolute Gasteiger partial charge is 0.241 e. The highest BCUT2D eigenvalue weighted by atomic mass is 35.5. The number of likely N-dealkylation sites (tertiary alicyclic amines) is 1. The summed E-state index contributed by atoms with van der Waals surface area (Å²) in [7, 11) is 0. The van der Waals surface area contributed by atoms with Crippen molar-refractivity contribution in [2.24, 2.45) is 17.1 Å². The number of nitrogens with two attached hydrogens (primary N) is 1. The van der Waals surface area contributed by atoms with Crippen LogP contribution < -0.4 is 11.1 Å². The third-order valence-corrected chi connectivity index (χ3v) is 4.78. The number of hydrogen-bond acceptors (Lipinski definition) is 4. The summed E-state index contributed by atoms with van der Waals surface area (Å²) in [6, 6.07) is -0.557. The summed E-state index contributed by atoms with van der Waals surface area (Å²) in [5.41, 5.74) is 6.00. The van der Waals surface area contributed by atoms with Gasteiger partial charge in [0.2, 0.25) is 11.8 Å². The summed E-state index contributed by atoms with van der Waals surface area (Å²) in [4.78, 5) is 25.9. The van der Waals surface area contributed by atoms with E-state index in [9.17, 15) is 9.59 Å². The number of amides is 2. The molecule has 0 aliphatic carbocycles. The second-order valence-electron chi connectivity index (χ2n) is 6.67. The summed E-state index contributed by atoms with van der Waals surface area (Å²) >= 11 is 0. The average molecular weight is 334 g/mol. The molecule has 2 heterocycles. The van der Waals surface area contributed by atoms with Gasteiger partial charge in [0, 0.05) is 26.3 Å². The van der Waals surface area contributed by atoms with Crippen LogP contribution in [0, 0.1) is 11.3 Å². The van der Waals surface area contributed by atoms with E-state index in [1.807, 2.05) is 18.7 Å². The van der Waals surface area contributed by atoms with Crippen LogP contribution in [0.5, 0.6) is 0 Å². The molecule has 1 atom stereocenters. The number of halogens is 1. The molecular weight excluding hydrogens is 306 g/mol. The Bertz CT molecular complexity index is 397. The van der Waals surface area contributed by atoms with Crippen molar-refractivity contribution in [1.29, 1.82) is 0 Å². The number of nitrogens with zero attached hydrogens (tertiary/aromatic N) is 1. The second kappa shape index (κ2) is 8.13. The van der Waals surface area contributed by atoms with Crippen molar-refractivity contribution in [1.82, 2.24) is 10.2 Å². The average Bonchev–Trinajstić information content (AvgIpc) is 2.88. The molecule has 6 nitrogen and oxygen atoms in total. The summed E-state index contributed by atoms with van der Waals surface area (Å²) in [6.07, 6.45) is 3.10. The minimum absolute atomic E-state index is 0.